The van der Waals surface area contributed by atoms with Gasteiger partial charge in [0.1, 0.15) is 0 Å². The van der Waals surface area contributed by atoms with E-state index in [4.69, 9.17) is 4.74 Å². The molecule has 0 saturated carbocycles. The first-order valence-electron chi connectivity index (χ1n) is 6.22. The van der Waals surface area contributed by atoms with Gasteiger partial charge in [0, 0.05) is 24.7 Å². The molecule has 4 nitrogen and oxygen atoms in total. The van der Waals surface area contributed by atoms with Gasteiger partial charge in [0.2, 0.25) is 5.91 Å². The van der Waals surface area contributed by atoms with Crippen LogP contribution in [-0.4, -0.2) is 32.7 Å². The number of likely N-dealkylation sites (N-methyl/N-ethyl adjacent to an activating group) is 1. The van der Waals surface area contributed by atoms with Crippen molar-refractivity contribution in [3.8, 4) is 0 Å². The second kappa shape index (κ2) is 5.40. The Morgan fingerprint density at radius 3 is 2.50 bits per heavy atom. The standard InChI is InChI=1S/C14H20N2O2/c1-14(9-18-10-14)8-16-12-5-3-11(4-6-12)7-13(17)15-2/h3-6,16H,7-10H2,1-2H3,(H,15,17). The van der Waals surface area contributed by atoms with Crippen molar-refractivity contribution < 1.29 is 9.53 Å². The highest BCUT2D eigenvalue weighted by molar-refractivity contribution is 5.78. The average Bonchev–Trinajstić information content (AvgIpc) is 2.35. The molecule has 0 radical (unpaired) electrons. The lowest BCUT2D eigenvalue weighted by molar-refractivity contribution is -0.119. The lowest BCUT2D eigenvalue weighted by Gasteiger charge is -2.38. The summed E-state index contributed by atoms with van der Waals surface area (Å²) in [5, 5.41) is 6.02. The molecule has 1 aliphatic rings. The first-order chi connectivity index (χ1) is 8.61. The van der Waals surface area contributed by atoms with Gasteiger partial charge in [0.25, 0.3) is 0 Å². The van der Waals surface area contributed by atoms with Crippen LogP contribution in [0.25, 0.3) is 0 Å². The fraction of sp³-hybridized carbons (Fsp3) is 0.500. The molecule has 0 atom stereocenters. The molecule has 1 amide bonds. The van der Waals surface area contributed by atoms with E-state index in [-0.39, 0.29) is 11.3 Å². The number of ether oxygens (including phenoxy) is 1. The lowest BCUT2D eigenvalue weighted by Crippen LogP contribution is -2.45. The number of hydrogen-bond donors (Lipinski definition) is 2. The molecule has 0 unspecified atom stereocenters. The summed E-state index contributed by atoms with van der Waals surface area (Å²) in [6.07, 6.45) is 0.433. The SMILES string of the molecule is CNC(=O)Cc1ccc(NCC2(C)COC2)cc1. The minimum atomic E-state index is 0.0369. The highest BCUT2D eigenvalue weighted by Gasteiger charge is 2.32. The normalized spacial score (nSPS) is 16.8. The van der Waals surface area contributed by atoms with Gasteiger partial charge in [0.15, 0.2) is 0 Å². The topological polar surface area (TPSA) is 50.4 Å². The summed E-state index contributed by atoms with van der Waals surface area (Å²) in [5.41, 5.74) is 2.38. The van der Waals surface area contributed by atoms with Crippen LogP contribution in [-0.2, 0) is 16.0 Å². The molecule has 0 bridgehead atoms. The van der Waals surface area contributed by atoms with Crippen LogP contribution in [0.4, 0.5) is 5.69 Å². The maximum absolute atomic E-state index is 11.2. The summed E-state index contributed by atoms with van der Waals surface area (Å²) < 4.78 is 5.22. The maximum atomic E-state index is 11.2. The fourth-order valence-corrected chi connectivity index (χ4v) is 1.88. The van der Waals surface area contributed by atoms with Gasteiger partial charge in [-0.25, -0.2) is 0 Å². The highest BCUT2D eigenvalue weighted by Crippen LogP contribution is 2.26. The quantitative estimate of drug-likeness (QED) is 0.828. The number of rotatable bonds is 5. The maximum Gasteiger partial charge on any atom is 0.224 e. The van der Waals surface area contributed by atoms with Crippen molar-refractivity contribution in [2.45, 2.75) is 13.3 Å². The van der Waals surface area contributed by atoms with Crippen LogP contribution < -0.4 is 10.6 Å². The van der Waals surface area contributed by atoms with E-state index in [1.54, 1.807) is 7.05 Å². The third kappa shape index (κ3) is 3.23. The zero-order valence-corrected chi connectivity index (χ0v) is 11.0. The Kier molecular flexibility index (Phi) is 3.87. The molecule has 1 aromatic rings. The van der Waals surface area contributed by atoms with Crippen LogP contribution in [0, 0.1) is 5.41 Å². The number of carbonyl (C=O) groups excluding carboxylic acids is 1. The molecule has 4 heteroatoms. The summed E-state index contributed by atoms with van der Waals surface area (Å²) in [4.78, 5) is 11.2. The molecule has 1 aliphatic heterocycles. The Morgan fingerprint density at radius 2 is 2.00 bits per heavy atom. The van der Waals surface area contributed by atoms with E-state index in [2.05, 4.69) is 17.6 Å². The molecule has 0 spiro atoms. The number of benzene rings is 1. The zero-order valence-electron chi connectivity index (χ0n) is 11.0. The van der Waals surface area contributed by atoms with Gasteiger partial charge >= 0.3 is 0 Å². The average molecular weight is 248 g/mol. The van der Waals surface area contributed by atoms with Crippen LogP contribution in [0.1, 0.15) is 12.5 Å². The molecule has 0 aliphatic carbocycles. The van der Waals surface area contributed by atoms with Crippen molar-refractivity contribution in [3.63, 3.8) is 0 Å². The molecule has 1 heterocycles. The minimum absolute atomic E-state index is 0.0369. The monoisotopic (exact) mass is 248 g/mol. The predicted octanol–water partition coefficient (Wildman–Crippen LogP) is 1.42. The Balaban J connectivity index is 1.85. The molecular weight excluding hydrogens is 228 g/mol. The number of nitrogens with one attached hydrogen (secondary N) is 2. The Labute approximate surface area is 108 Å². The number of anilines is 1. The minimum Gasteiger partial charge on any atom is -0.384 e. The highest BCUT2D eigenvalue weighted by atomic mass is 16.5. The summed E-state index contributed by atoms with van der Waals surface area (Å²) in [7, 11) is 1.65. The van der Waals surface area contributed by atoms with Crippen molar-refractivity contribution in [2.75, 3.05) is 32.1 Å². The fourth-order valence-electron chi connectivity index (χ4n) is 1.88. The van der Waals surface area contributed by atoms with E-state index in [1.165, 1.54) is 0 Å². The zero-order chi connectivity index (χ0) is 13.0. The van der Waals surface area contributed by atoms with Crippen molar-refractivity contribution in [3.05, 3.63) is 29.8 Å². The van der Waals surface area contributed by atoms with Gasteiger partial charge in [-0.1, -0.05) is 19.1 Å². The van der Waals surface area contributed by atoms with Gasteiger partial charge in [0.05, 0.1) is 19.6 Å². The van der Waals surface area contributed by atoms with E-state index in [1.807, 2.05) is 24.3 Å². The van der Waals surface area contributed by atoms with Crippen LogP contribution >= 0.6 is 0 Å². The molecule has 98 valence electrons. The van der Waals surface area contributed by atoms with E-state index >= 15 is 0 Å². The molecular formula is C14H20N2O2. The second-order valence-corrected chi connectivity index (χ2v) is 5.20. The van der Waals surface area contributed by atoms with Crippen LogP contribution in [0.2, 0.25) is 0 Å². The summed E-state index contributed by atoms with van der Waals surface area (Å²) in [5.74, 6) is 0.0369. The third-order valence-electron chi connectivity index (χ3n) is 3.22. The van der Waals surface area contributed by atoms with Gasteiger partial charge in [-0.05, 0) is 17.7 Å². The largest absolute Gasteiger partial charge is 0.384 e. The number of hydrogen-bond acceptors (Lipinski definition) is 3. The van der Waals surface area contributed by atoms with Gasteiger partial charge in [-0.2, -0.15) is 0 Å². The summed E-state index contributed by atoms with van der Waals surface area (Å²) >= 11 is 0. The molecule has 2 N–H and O–H groups in total. The van der Waals surface area contributed by atoms with E-state index in [0.29, 0.717) is 6.42 Å². The van der Waals surface area contributed by atoms with Crippen LogP contribution in [0.15, 0.2) is 24.3 Å². The summed E-state index contributed by atoms with van der Waals surface area (Å²) in [6, 6.07) is 8.00. The molecule has 18 heavy (non-hydrogen) atoms. The number of amides is 1. The van der Waals surface area contributed by atoms with Crippen LogP contribution in [0.5, 0.6) is 0 Å². The first kappa shape index (κ1) is 12.9. The van der Waals surface area contributed by atoms with Gasteiger partial charge in [-0.3, -0.25) is 4.79 Å². The molecule has 1 saturated heterocycles. The molecule has 1 aromatic carbocycles. The van der Waals surface area contributed by atoms with Crippen molar-refractivity contribution >= 4 is 11.6 Å². The number of carbonyl (C=O) groups is 1. The van der Waals surface area contributed by atoms with Crippen molar-refractivity contribution in [2.24, 2.45) is 5.41 Å². The van der Waals surface area contributed by atoms with E-state index in [0.717, 1.165) is 31.0 Å². The van der Waals surface area contributed by atoms with Gasteiger partial charge in [-0.15, -0.1) is 0 Å². The van der Waals surface area contributed by atoms with Gasteiger partial charge < -0.3 is 15.4 Å². The Hall–Kier alpha value is -1.55. The van der Waals surface area contributed by atoms with E-state index in [9.17, 15) is 4.79 Å². The lowest BCUT2D eigenvalue weighted by atomic mass is 9.88. The molecule has 0 aromatic heterocycles. The van der Waals surface area contributed by atoms with E-state index < -0.39 is 0 Å². The Morgan fingerprint density at radius 1 is 1.33 bits per heavy atom. The smallest absolute Gasteiger partial charge is 0.224 e. The Bertz CT molecular complexity index is 410. The van der Waals surface area contributed by atoms with Crippen LogP contribution in [0.3, 0.4) is 0 Å². The molecule has 2 rings (SSSR count). The second-order valence-electron chi connectivity index (χ2n) is 5.20. The van der Waals surface area contributed by atoms with Crippen molar-refractivity contribution in [1.82, 2.24) is 5.32 Å². The third-order valence-corrected chi connectivity index (χ3v) is 3.22. The summed E-state index contributed by atoms with van der Waals surface area (Å²) in [6.45, 7) is 4.79. The molecule has 1 fully saturated rings. The predicted molar refractivity (Wildman–Crippen MR) is 71.6 cm³/mol. The van der Waals surface area contributed by atoms with Crippen molar-refractivity contribution in [1.29, 1.82) is 0 Å². The first-order valence-corrected chi connectivity index (χ1v) is 6.22.